The molecule has 0 bridgehead atoms. The van der Waals surface area contributed by atoms with E-state index in [0.717, 1.165) is 11.1 Å². The van der Waals surface area contributed by atoms with Gasteiger partial charge in [0, 0.05) is 30.4 Å². The third kappa shape index (κ3) is 4.12. The first kappa shape index (κ1) is 19.4. The summed E-state index contributed by atoms with van der Waals surface area (Å²) in [6.07, 6.45) is 1.75. The predicted molar refractivity (Wildman–Crippen MR) is 107 cm³/mol. The Morgan fingerprint density at radius 1 is 1.25 bits per heavy atom. The number of hydrogen-bond acceptors (Lipinski definition) is 6. The van der Waals surface area contributed by atoms with Gasteiger partial charge >= 0.3 is 5.97 Å². The number of methoxy groups -OCH3 is 1. The molecule has 8 nitrogen and oxygen atoms in total. The minimum Gasteiger partial charge on any atom is -0.468 e. The minimum absolute atomic E-state index is 0.00183. The summed E-state index contributed by atoms with van der Waals surface area (Å²) >= 11 is 0. The second kappa shape index (κ2) is 8.53. The summed E-state index contributed by atoms with van der Waals surface area (Å²) in [5, 5.41) is 5.84. The maximum Gasteiger partial charge on any atom is 0.325 e. The summed E-state index contributed by atoms with van der Waals surface area (Å²) in [6.45, 7) is 2.78. The highest BCUT2D eigenvalue weighted by atomic mass is 16.5. The van der Waals surface area contributed by atoms with Gasteiger partial charge in [-0.2, -0.15) is 0 Å². The van der Waals surface area contributed by atoms with Crippen LogP contribution in [0.2, 0.25) is 0 Å². The number of rotatable bonds is 7. The van der Waals surface area contributed by atoms with Crippen molar-refractivity contribution in [3.63, 3.8) is 0 Å². The fourth-order valence-corrected chi connectivity index (χ4v) is 2.86. The van der Waals surface area contributed by atoms with E-state index < -0.39 is 0 Å². The molecule has 0 aliphatic heterocycles. The predicted octanol–water partition coefficient (Wildman–Crippen LogP) is 1.58. The number of nitrogens with one attached hydrogen (secondary N) is 2. The number of aryl methyl sites for hydroxylation is 1. The quantitative estimate of drug-likeness (QED) is 0.536. The molecular weight excluding hydrogens is 358 g/mol. The van der Waals surface area contributed by atoms with Crippen LogP contribution in [0.1, 0.15) is 15.9 Å². The van der Waals surface area contributed by atoms with Gasteiger partial charge in [-0.25, -0.2) is 4.98 Å². The average molecular weight is 381 g/mol. The monoisotopic (exact) mass is 381 g/mol. The van der Waals surface area contributed by atoms with Crippen LogP contribution in [0, 0.1) is 6.92 Å². The van der Waals surface area contributed by atoms with Crippen molar-refractivity contribution in [1.29, 1.82) is 0 Å². The van der Waals surface area contributed by atoms with Gasteiger partial charge in [0.25, 0.3) is 5.91 Å². The van der Waals surface area contributed by atoms with E-state index in [9.17, 15) is 9.59 Å². The molecular formula is C20H23N5O3. The number of imidazole rings is 1. The highest BCUT2D eigenvalue weighted by Gasteiger charge is 2.17. The second-order valence-electron chi connectivity index (χ2n) is 6.30. The third-order valence-corrected chi connectivity index (χ3v) is 4.24. The summed E-state index contributed by atoms with van der Waals surface area (Å²) in [7, 11) is 1.34. The molecule has 0 atom stereocenters. The smallest absolute Gasteiger partial charge is 0.325 e. The van der Waals surface area contributed by atoms with Crippen molar-refractivity contribution in [1.82, 2.24) is 14.7 Å². The zero-order valence-electron chi connectivity index (χ0n) is 15.9. The lowest BCUT2D eigenvalue weighted by Gasteiger charge is -2.09. The number of anilines is 1. The molecule has 1 amide bonds. The van der Waals surface area contributed by atoms with Gasteiger partial charge in [-0.05, 0) is 25.1 Å². The molecule has 0 spiro atoms. The highest BCUT2D eigenvalue weighted by molar-refractivity contribution is 5.95. The molecule has 0 unspecified atom stereocenters. The molecule has 0 radical (unpaired) electrons. The molecule has 146 valence electrons. The van der Waals surface area contributed by atoms with E-state index in [2.05, 4.69) is 10.6 Å². The number of benzene rings is 1. The van der Waals surface area contributed by atoms with Crippen LogP contribution in [-0.2, 0) is 9.53 Å². The number of aromatic nitrogens is 2. The highest BCUT2D eigenvalue weighted by Crippen LogP contribution is 2.29. The van der Waals surface area contributed by atoms with Gasteiger partial charge in [-0.15, -0.1) is 0 Å². The van der Waals surface area contributed by atoms with E-state index in [1.807, 2.05) is 31.2 Å². The molecule has 0 saturated heterocycles. The van der Waals surface area contributed by atoms with Crippen molar-refractivity contribution >= 4 is 23.3 Å². The molecule has 0 aliphatic rings. The van der Waals surface area contributed by atoms with Gasteiger partial charge in [0.1, 0.15) is 23.7 Å². The van der Waals surface area contributed by atoms with E-state index >= 15 is 0 Å². The Balaban J connectivity index is 2.06. The molecule has 2 aromatic heterocycles. The van der Waals surface area contributed by atoms with Crippen LogP contribution in [0.5, 0.6) is 0 Å². The van der Waals surface area contributed by atoms with Crippen LogP contribution in [0.25, 0.3) is 16.9 Å². The van der Waals surface area contributed by atoms with Crippen LogP contribution in [0.3, 0.4) is 0 Å². The molecule has 3 aromatic rings. The second-order valence-corrected chi connectivity index (χ2v) is 6.30. The van der Waals surface area contributed by atoms with Crippen molar-refractivity contribution in [3.8, 4) is 11.3 Å². The van der Waals surface area contributed by atoms with Crippen LogP contribution >= 0.6 is 0 Å². The summed E-state index contributed by atoms with van der Waals surface area (Å²) < 4.78 is 6.52. The molecule has 2 heterocycles. The van der Waals surface area contributed by atoms with E-state index in [-0.39, 0.29) is 18.4 Å². The summed E-state index contributed by atoms with van der Waals surface area (Å²) in [6, 6.07) is 11.3. The average Bonchev–Trinajstić information content (AvgIpc) is 3.07. The number of carbonyl (C=O) groups is 2. The van der Waals surface area contributed by atoms with Crippen molar-refractivity contribution in [2.24, 2.45) is 5.73 Å². The summed E-state index contributed by atoms with van der Waals surface area (Å²) in [5.41, 5.74) is 9.20. The number of nitrogens with zero attached hydrogens (tertiary/aromatic N) is 2. The summed E-state index contributed by atoms with van der Waals surface area (Å²) in [4.78, 5) is 28.5. The van der Waals surface area contributed by atoms with Crippen molar-refractivity contribution < 1.29 is 14.3 Å². The van der Waals surface area contributed by atoms with Gasteiger partial charge in [-0.1, -0.05) is 23.8 Å². The third-order valence-electron chi connectivity index (χ3n) is 4.24. The largest absolute Gasteiger partial charge is 0.468 e. The molecule has 1 aromatic carbocycles. The molecule has 0 fully saturated rings. The SMILES string of the molecule is COC(=O)CNc1c(-c2cccc(C)c2)nc2cc(C(=O)NCCN)ccn12. The number of pyridine rings is 1. The number of esters is 1. The van der Waals surface area contributed by atoms with Gasteiger partial charge in [0.15, 0.2) is 0 Å². The van der Waals surface area contributed by atoms with Crippen molar-refractivity contribution in [2.75, 3.05) is 32.1 Å². The number of carbonyl (C=O) groups excluding carboxylic acids is 2. The maximum atomic E-state index is 12.2. The Hall–Kier alpha value is -3.39. The van der Waals surface area contributed by atoms with Crippen LogP contribution in [-0.4, -0.2) is 48.0 Å². The maximum absolute atomic E-state index is 12.2. The van der Waals surface area contributed by atoms with E-state index in [1.54, 1.807) is 22.7 Å². The summed E-state index contributed by atoms with van der Waals surface area (Å²) in [5.74, 6) is 0.0555. The first-order valence-electron chi connectivity index (χ1n) is 8.91. The molecule has 28 heavy (non-hydrogen) atoms. The first-order chi connectivity index (χ1) is 13.5. The van der Waals surface area contributed by atoms with E-state index in [4.69, 9.17) is 15.5 Å². The zero-order chi connectivity index (χ0) is 20.1. The standard InChI is InChI=1S/C20H23N5O3/c1-13-4-3-5-14(10-13)18-19(23-12-17(26)28-2)25-9-6-15(11-16(25)24-18)20(27)22-8-7-21/h3-6,9-11,23H,7-8,12,21H2,1-2H3,(H,22,27). The number of hydrogen-bond donors (Lipinski definition) is 3. The van der Waals surface area contributed by atoms with Gasteiger partial charge in [0.2, 0.25) is 0 Å². The molecule has 8 heteroatoms. The lowest BCUT2D eigenvalue weighted by molar-refractivity contribution is -0.138. The van der Waals surface area contributed by atoms with Crippen molar-refractivity contribution in [3.05, 3.63) is 53.7 Å². The molecule has 0 saturated carbocycles. The number of ether oxygens (including phenoxy) is 1. The first-order valence-corrected chi connectivity index (χ1v) is 8.91. The van der Waals surface area contributed by atoms with Crippen LogP contribution in [0.4, 0.5) is 5.82 Å². The lowest BCUT2D eigenvalue weighted by atomic mass is 10.1. The topological polar surface area (TPSA) is 111 Å². The molecule has 3 rings (SSSR count). The normalized spacial score (nSPS) is 10.7. The number of amides is 1. The Morgan fingerprint density at radius 3 is 2.79 bits per heavy atom. The minimum atomic E-state index is -0.386. The Labute approximate surface area is 162 Å². The van der Waals surface area contributed by atoms with E-state index in [1.165, 1.54) is 7.11 Å². The molecule has 4 N–H and O–H groups in total. The van der Waals surface area contributed by atoms with Crippen LogP contribution in [0.15, 0.2) is 42.6 Å². The Kier molecular flexibility index (Phi) is 5.90. The fraction of sp³-hybridized carbons (Fsp3) is 0.250. The fourth-order valence-electron chi connectivity index (χ4n) is 2.86. The number of fused-ring (bicyclic) bond motifs is 1. The van der Waals surface area contributed by atoms with Crippen LogP contribution < -0.4 is 16.4 Å². The van der Waals surface area contributed by atoms with Gasteiger partial charge < -0.3 is 21.1 Å². The Morgan fingerprint density at radius 2 is 2.07 bits per heavy atom. The molecule has 0 aliphatic carbocycles. The van der Waals surface area contributed by atoms with Gasteiger partial charge in [-0.3, -0.25) is 14.0 Å². The zero-order valence-corrected chi connectivity index (χ0v) is 15.9. The van der Waals surface area contributed by atoms with E-state index in [0.29, 0.717) is 35.8 Å². The van der Waals surface area contributed by atoms with Gasteiger partial charge in [0.05, 0.1) is 7.11 Å². The lowest BCUT2D eigenvalue weighted by Crippen LogP contribution is -2.29. The van der Waals surface area contributed by atoms with Crippen molar-refractivity contribution in [2.45, 2.75) is 6.92 Å². The Bertz CT molecular complexity index is 1010. The number of nitrogens with two attached hydrogens (primary N) is 1.